The van der Waals surface area contributed by atoms with Crippen LogP contribution in [0, 0.1) is 12.3 Å². The minimum Gasteiger partial charge on any atom is -0.481 e. The van der Waals surface area contributed by atoms with Crippen molar-refractivity contribution in [2.45, 2.75) is 26.8 Å². The fourth-order valence-corrected chi connectivity index (χ4v) is 3.28. The number of carboxylic acid groups (broad SMARTS) is 2. The summed E-state index contributed by atoms with van der Waals surface area (Å²) in [7, 11) is 0. The summed E-state index contributed by atoms with van der Waals surface area (Å²) >= 11 is 0. The molecule has 0 amide bonds. The lowest BCUT2D eigenvalue weighted by Gasteiger charge is -2.23. The normalized spacial score (nSPS) is 17.5. The second kappa shape index (κ2) is 8.83. The third-order valence-electron chi connectivity index (χ3n) is 5.06. The van der Waals surface area contributed by atoms with Gasteiger partial charge in [0.25, 0.3) is 0 Å². The summed E-state index contributed by atoms with van der Waals surface area (Å²) in [4.78, 5) is 25.8. The third kappa shape index (κ3) is 4.98. The van der Waals surface area contributed by atoms with E-state index in [-0.39, 0.29) is 12.0 Å². The zero-order valence-corrected chi connectivity index (χ0v) is 17.3. The van der Waals surface area contributed by atoms with Gasteiger partial charge in [0.2, 0.25) is 0 Å². The summed E-state index contributed by atoms with van der Waals surface area (Å²) in [5, 5.41) is 22.9. The first-order chi connectivity index (χ1) is 14.7. The van der Waals surface area contributed by atoms with Crippen molar-refractivity contribution in [3.05, 3.63) is 77.8 Å². The Morgan fingerprint density at radius 2 is 1.94 bits per heavy atom. The summed E-state index contributed by atoms with van der Waals surface area (Å²) in [6.45, 7) is 4.15. The van der Waals surface area contributed by atoms with Crippen molar-refractivity contribution in [3.8, 4) is 0 Å². The SMILES string of the molecule is CC1(C(=O)O)C=CC=C(C(=O)O)C1.Cc1cccc(Cn2ncc3c(N)cccc32)n1. The number of hydrogen-bond donors (Lipinski definition) is 3. The van der Waals surface area contributed by atoms with Gasteiger partial charge in [-0.1, -0.05) is 30.4 Å². The van der Waals surface area contributed by atoms with E-state index in [0.717, 1.165) is 28.0 Å². The molecule has 160 valence electrons. The number of aromatic nitrogens is 3. The highest BCUT2D eigenvalue weighted by molar-refractivity contribution is 5.90. The van der Waals surface area contributed by atoms with Gasteiger partial charge >= 0.3 is 11.9 Å². The van der Waals surface area contributed by atoms with Gasteiger partial charge in [-0.25, -0.2) is 4.79 Å². The lowest BCUT2D eigenvalue weighted by Crippen LogP contribution is -2.28. The van der Waals surface area contributed by atoms with Gasteiger partial charge in [-0.05, 0) is 44.5 Å². The van der Waals surface area contributed by atoms with Crippen molar-refractivity contribution in [3.63, 3.8) is 0 Å². The van der Waals surface area contributed by atoms with Gasteiger partial charge in [0, 0.05) is 22.3 Å². The van der Waals surface area contributed by atoms with E-state index in [0.29, 0.717) is 6.54 Å². The first kappa shape index (κ1) is 21.8. The highest BCUT2D eigenvalue weighted by Crippen LogP contribution is 2.31. The number of nitrogens with zero attached hydrogens (tertiary/aromatic N) is 3. The lowest BCUT2D eigenvalue weighted by atomic mass is 9.80. The number of carboxylic acids is 2. The van der Waals surface area contributed by atoms with Crippen molar-refractivity contribution in [2.75, 3.05) is 5.73 Å². The van der Waals surface area contributed by atoms with Crippen LogP contribution in [0.1, 0.15) is 24.7 Å². The standard InChI is InChI=1S/C14H14N4.C9H10O4/c1-10-4-2-5-11(17-10)9-18-14-7-3-6-13(15)12(14)8-16-18;1-9(8(12)13)4-2-3-6(5-9)7(10)11/h2-8H,9,15H2,1H3;2-4H,5H2,1H3,(H,10,11)(H,12,13). The molecule has 4 N–H and O–H groups in total. The Labute approximate surface area is 179 Å². The van der Waals surface area contributed by atoms with Gasteiger partial charge in [-0.3, -0.25) is 14.5 Å². The summed E-state index contributed by atoms with van der Waals surface area (Å²) < 4.78 is 1.92. The second-order valence-electron chi connectivity index (χ2n) is 7.61. The van der Waals surface area contributed by atoms with E-state index in [9.17, 15) is 9.59 Å². The molecule has 0 saturated carbocycles. The highest BCUT2D eigenvalue weighted by Gasteiger charge is 2.34. The van der Waals surface area contributed by atoms with Gasteiger partial charge in [0.05, 0.1) is 29.4 Å². The Hall–Kier alpha value is -3.94. The number of benzene rings is 1. The smallest absolute Gasteiger partial charge is 0.331 e. The van der Waals surface area contributed by atoms with Crippen LogP contribution in [0.2, 0.25) is 0 Å². The molecule has 0 spiro atoms. The zero-order valence-electron chi connectivity index (χ0n) is 17.3. The van der Waals surface area contributed by atoms with Crippen LogP contribution in [0.15, 0.2) is 66.4 Å². The summed E-state index contributed by atoms with van der Waals surface area (Å²) in [5.74, 6) is -2.06. The molecule has 1 aliphatic carbocycles. The number of aryl methyl sites for hydroxylation is 1. The third-order valence-corrected chi connectivity index (χ3v) is 5.06. The van der Waals surface area contributed by atoms with Crippen molar-refractivity contribution < 1.29 is 19.8 Å². The Kier molecular flexibility index (Phi) is 6.20. The lowest BCUT2D eigenvalue weighted by molar-refractivity contribution is -0.145. The Balaban J connectivity index is 0.000000187. The topological polar surface area (TPSA) is 131 Å². The molecule has 0 fully saturated rings. The van der Waals surface area contributed by atoms with E-state index in [2.05, 4.69) is 10.1 Å². The first-order valence-corrected chi connectivity index (χ1v) is 9.67. The number of hydrogen-bond acceptors (Lipinski definition) is 5. The number of rotatable bonds is 4. The highest BCUT2D eigenvalue weighted by atomic mass is 16.4. The fraction of sp³-hybridized carbons (Fsp3) is 0.217. The second-order valence-corrected chi connectivity index (χ2v) is 7.61. The molecular weight excluding hydrogens is 396 g/mol. The number of carbonyl (C=O) groups is 2. The number of pyridine rings is 1. The minimum atomic E-state index is -1.08. The molecule has 2 aromatic heterocycles. The molecule has 31 heavy (non-hydrogen) atoms. The molecule has 0 bridgehead atoms. The van der Waals surface area contributed by atoms with Gasteiger partial charge in [-0.15, -0.1) is 0 Å². The van der Waals surface area contributed by atoms with Crippen LogP contribution in [0.4, 0.5) is 5.69 Å². The maximum atomic E-state index is 10.8. The van der Waals surface area contributed by atoms with Crippen molar-refractivity contribution in [1.29, 1.82) is 0 Å². The van der Waals surface area contributed by atoms with Crippen LogP contribution in [0.3, 0.4) is 0 Å². The van der Waals surface area contributed by atoms with Gasteiger partial charge in [-0.2, -0.15) is 5.10 Å². The van der Waals surface area contributed by atoms with Gasteiger partial charge in [0.1, 0.15) is 0 Å². The zero-order chi connectivity index (χ0) is 22.6. The number of anilines is 1. The van der Waals surface area contributed by atoms with Crippen molar-refractivity contribution in [1.82, 2.24) is 14.8 Å². The summed E-state index contributed by atoms with van der Waals surface area (Å²) in [6, 6.07) is 11.9. The number of aliphatic carboxylic acids is 2. The molecule has 4 rings (SSSR count). The molecule has 8 nitrogen and oxygen atoms in total. The molecule has 0 saturated heterocycles. The predicted molar refractivity (Wildman–Crippen MR) is 117 cm³/mol. The summed E-state index contributed by atoms with van der Waals surface area (Å²) in [6.07, 6.45) is 6.24. The number of nitrogen functional groups attached to an aromatic ring is 1. The number of allylic oxidation sites excluding steroid dienone is 2. The Bertz CT molecular complexity index is 1200. The quantitative estimate of drug-likeness (QED) is 0.551. The molecule has 1 aromatic carbocycles. The van der Waals surface area contributed by atoms with E-state index < -0.39 is 17.4 Å². The molecule has 2 heterocycles. The predicted octanol–water partition coefficient (Wildman–Crippen LogP) is 3.42. The summed E-state index contributed by atoms with van der Waals surface area (Å²) in [5.41, 5.74) is 8.79. The van der Waals surface area contributed by atoms with Crippen LogP contribution in [-0.2, 0) is 16.1 Å². The average Bonchev–Trinajstić information content (AvgIpc) is 3.13. The average molecular weight is 420 g/mol. The van der Waals surface area contributed by atoms with Crippen LogP contribution >= 0.6 is 0 Å². The molecule has 0 aliphatic heterocycles. The van der Waals surface area contributed by atoms with Gasteiger partial charge in [0.15, 0.2) is 0 Å². The Morgan fingerprint density at radius 1 is 1.19 bits per heavy atom. The molecule has 1 atom stereocenters. The molecular formula is C23H24N4O4. The van der Waals surface area contributed by atoms with Crippen LogP contribution < -0.4 is 5.73 Å². The van der Waals surface area contributed by atoms with E-state index in [1.807, 2.05) is 48.0 Å². The largest absolute Gasteiger partial charge is 0.481 e. The molecule has 1 unspecified atom stereocenters. The van der Waals surface area contributed by atoms with E-state index in [4.69, 9.17) is 15.9 Å². The van der Waals surface area contributed by atoms with E-state index in [1.165, 1.54) is 25.2 Å². The Morgan fingerprint density at radius 3 is 2.61 bits per heavy atom. The maximum absolute atomic E-state index is 10.8. The molecule has 0 radical (unpaired) electrons. The minimum absolute atomic E-state index is 0.0359. The van der Waals surface area contributed by atoms with Crippen LogP contribution in [0.5, 0.6) is 0 Å². The van der Waals surface area contributed by atoms with Crippen LogP contribution in [-0.4, -0.2) is 36.9 Å². The first-order valence-electron chi connectivity index (χ1n) is 9.67. The molecule has 1 aliphatic rings. The number of nitrogens with two attached hydrogens (primary N) is 1. The van der Waals surface area contributed by atoms with Crippen molar-refractivity contribution in [2.24, 2.45) is 5.41 Å². The van der Waals surface area contributed by atoms with Crippen molar-refractivity contribution >= 4 is 28.5 Å². The molecule has 8 heteroatoms. The maximum Gasteiger partial charge on any atom is 0.331 e. The van der Waals surface area contributed by atoms with Gasteiger partial charge < -0.3 is 15.9 Å². The number of fused-ring (bicyclic) bond motifs is 1. The van der Waals surface area contributed by atoms with E-state index in [1.54, 1.807) is 6.20 Å². The molecule has 3 aromatic rings. The monoisotopic (exact) mass is 420 g/mol. The van der Waals surface area contributed by atoms with Crippen LogP contribution in [0.25, 0.3) is 10.9 Å². The fourth-order valence-electron chi connectivity index (χ4n) is 3.28. The van der Waals surface area contributed by atoms with E-state index >= 15 is 0 Å².